The van der Waals surface area contributed by atoms with Crippen molar-refractivity contribution in [1.29, 1.82) is 0 Å². The SMILES string of the molecule is C=C1NC(=O)[C@@H](Cc2ccc(OCCc3ccc(C(C)O)cn3)cc2)S1. The average molecular weight is 370 g/mol. The van der Waals surface area contributed by atoms with Crippen molar-refractivity contribution in [2.24, 2.45) is 0 Å². The summed E-state index contributed by atoms with van der Waals surface area (Å²) in [4.78, 5) is 16.1. The van der Waals surface area contributed by atoms with Crippen LogP contribution in [0.5, 0.6) is 5.75 Å². The van der Waals surface area contributed by atoms with Gasteiger partial charge >= 0.3 is 0 Å². The molecule has 0 radical (unpaired) electrons. The molecule has 2 N–H and O–H groups in total. The van der Waals surface area contributed by atoms with Gasteiger partial charge < -0.3 is 15.2 Å². The number of benzene rings is 1. The molecule has 3 rings (SSSR count). The smallest absolute Gasteiger partial charge is 0.238 e. The average Bonchev–Trinajstić information content (AvgIpc) is 2.94. The van der Waals surface area contributed by atoms with Gasteiger partial charge in [0.2, 0.25) is 5.91 Å². The van der Waals surface area contributed by atoms with Gasteiger partial charge in [-0.2, -0.15) is 0 Å². The topological polar surface area (TPSA) is 71.5 Å². The Morgan fingerprint density at radius 3 is 2.65 bits per heavy atom. The molecule has 136 valence electrons. The minimum Gasteiger partial charge on any atom is -0.493 e. The molecule has 1 unspecified atom stereocenters. The lowest BCUT2D eigenvalue weighted by Gasteiger charge is -2.09. The zero-order chi connectivity index (χ0) is 18.5. The van der Waals surface area contributed by atoms with Crippen molar-refractivity contribution in [3.05, 3.63) is 71.0 Å². The monoisotopic (exact) mass is 370 g/mol. The van der Waals surface area contributed by atoms with Crippen LogP contribution in [-0.4, -0.2) is 27.9 Å². The lowest BCUT2D eigenvalue weighted by atomic mass is 10.1. The van der Waals surface area contributed by atoms with E-state index in [4.69, 9.17) is 4.74 Å². The minimum atomic E-state index is -0.502. The van der Waals surface area contributed by atoms with Crippen molar-refractivity contribution in [2.75, 3.05) is 6.61 Å². The molecule has 0 saturated carbocycles. The van der Waals surface area contributed by atoms with Crippen molar-refractivity contribution in [3.8, 4) is 5.75 Å². The Bertz CT molecular complexity index is 773. The van der Waals surface area contributed by atoms with Crippen LogP contribution in [0.3, 0.4) is 0 Å². The largest absolute Gasteiger partial charge is 0.493 e. The number of pyridine rings is 1. The van der Waals surface area contributed by atoms with Crippen LogP contribution in [0.1, 0.15) is 29.8 Å². The van der Waals surface area contributed by atoms with Gasteiger partial charge in [0.05, 0.1) is 23.0 Å². The number of aromatic nitrogens is 1. The molecule has 2 atom stereocenters. The molecular weight excluding hydrogens is 348 g/mol. The number of hydrogen-bond acceptors (Lipinski definition) is 5. The molecule has 1 fully saturated rings. The molecule has 1 aliphatic heterocycles. The number of rotatable bonds is 7. The van der Waals surface area contributed by atoms with Gasteiger partial charge in [-0.05, 0) is 42.7 Å². The predicted molar refractivity (Wildman–Crippen MR) is 103 cm³/mol. The molecule has 1 aromatic heterocycles. The fraction of sp³-hybridized carbons (Fsp3) is 0.300. The Labute approximate surface area is 157 Å². The summed E-state index contributed by atoms with van der Waals surface area (Å²) in [5.41, 5.74) is 2.83. The van der Waals surface area contributed by atoms with Crippen LogP contribution < -0.4 is 10.1 Å². The molecule has 6 heteroatoms. The highest BCUT2D eigenvalue weighted by molar-refractivity contribution is 8.04. The van der Waals surface area contributed by atoms with Gasteiger partial charge in [-0.15, -0.1) is 0 Å². The molecule has 0 aliphatic carbocycles. The van der Waals surface area contributed by atoms with Crippen LogP contribution in [0.25, 0.3) is 0 Å². The lowest BCUT2D eigenvalue weighted by Crippen LogP contribution is -2.23. The Morgan fingerprint density at radius 1 is 1.31 bits per heavy atom. The van der Waals surface area contributed by atoms with Gasteiger partial charge in [0, 0.05) is 18.3 Å². The second-order valence-electron chi connectivity index (χ2n) is 6.22. The zero-order valence-electron chi connectivity index (χ0n) is 14.6. The number of aliphatic hydroxyl groups excluding tert-OH is 1. The van der Waals surface area contributed by atoms with E-state index in [1.807, 2.05) is 36.4 Å². The summed E-state index contributed by atoms with van der Waals surface area (Å²) < 4.78 is 5.76. The van der Waals surface area contributed by atoms with E-state index in [0.29, 0.717) is 19.4 Å². The van der Waals surface area contributed by atoms with E-state index in [1.54, 1.807) is 13.1 Å². The fourth-order valence-corrected chi connectivity index (χ4v) is 3.59. The number of carbonyl (C=O) groups is 1. The van der Waals surface area contributed by atoms with E-state index in [1.165, 1.54) is 11.8 Å². The lowest BCUT2D eigenvalue weighted by molar-refractivity contribution is -0.119. The Balaban J connectivity index is 1.47. The zero-order valence-corrected chi connectivity index (χ0v) is 15.5. The fourth-order valence-electron chi connectivity index (χ4n) is 2.65. The van der Waals surface area contributed by atoms with Crippen LogP contribution in [0, 0.1) is 0 Å². The number of nitrogens with zero attached hydrogens (tertiary/aromatic N) is 1. The third kappa shape index (κ3) is 4.86. The maximum Gasteiger partial charge on any atom is 0.238 e. The number of hydrogen-bond donors (Lipinski definition) is 2. The molecule has 1 saturated heterocycles. The van der Waals surface area contributed by atoms with Crippen LogP contribution in [-0.2, 0) is 17.6 Å². The highest BCUT2D eigenvalue weighted by Gasteiger charge is 2.27. The number of amides is 1. The Morgan fingerprint density at radius 2 is 2.08 bits per heavy atom. The Kier molecular flexibility index (Phi) is 5.96. The molecule has 0 bridgehead atoms. The molecule has 0 spiro atoms. The summed E-state index contributed by atoms with van der Waals surface area (Å²) in [5.74, 6) is 0.816. The van der Waals surface area contributed by atoms with E-state index in [2.05, 4.69) is 16.9 Å². The van der Waals surface area contributed by atoms with Gasteiger partial charge in [-0.1, -0.05) is 36.5 Å². The predicted octanol–water partition coefficient (Wildman–Crippen LogP) is 3.00. The van der Waals surface area contributed by atoms with Gasteiger partial charge in [-0.3, -0.25) is 9.78 Å². The third-order valence-electron chi connectivity index (χ3n) is 4.14. The van der Waals surface area contributed by atoms with E-state index in [9.17, 15) is 9.90 Å². The summed E-state index contributed by atoms with van der Waals surface area (Å²) in [5, 5.41) is 12.8. The van der Waals surface area contributed by atoms with Gasteiger partial charge in [0.1, 0.15) is 5.75 Å². The molecule has 1 amide bonds. The first-order chi connectivity index (χ1) is 12.5. The second-order valence-corrected chi connectivity index (χ2v) is 7.52. The van der Waals surface area contributed by atoms with Crippen molar-refractivity contribution in [3.63, 3.8) is 0 Å². The summed E-state index contributed by atoms with van der Waals surface area (Å²) in [7, 11) is 0. The first-order valence-electron chi connectivity index (χ1n) is 8.52. The van der Waals surface area contributed by atoms with Gasteiger partial charge in [0.25, 0.3) is 0 Å². The highest BCUT2D eigenvalue weighted by Crippen LogP contribution is 2.28. The van der Waals surface area contributed by atoms with Crippen molar-refractivity contribution in [2.45, 2.75) is 31.1 Å². The van der Waals surface area contributed by atoms with Crippen LogP contribution >= 0.6 is 11.8 Å². The number of ether oxygens (including phenoxy) is 1. The summed E-state index contributed by atoms with van der Waals surface area (Å²) in [6.45, 7) is 6.02. The highest BCUT2D eigenvalue weighted by atomic mass is 32.2. The molecule has 2 aromatic rings. The van der Waals surface area contributed by atoms with E-state index < -0.39 is 6.10 Å². The summed E-state index contributed by atoms with van der Waals surface area (Å²) in [6.07, 6.45) is 2.57. The van der Waals surface area contributed by atoms with Crippen LogP contribution in [0.2, 0.25) is 0 Å². The van der Waals surface area contributed by atoms with Gasteiger partial charge in [0.15, 0.2) is 0 Å². The molecule has 1 aliphatic rings. The quantitative estimate of drug-likeness (QED) is 0.784. The van der Waals surface area contributed by atoms with E-state index in [0.717, 1.165) is 27.6 Å². The third-order valence-corrected chi connectivity index (χ3v) is 5.19. The number of aliphatic hydroxyl groups is 1. The summed E-state index contributed by atoms with van der Waals surface area (Å²) in [6, 6.07) is 11.6. The maximum atomic E-state index is 11.8. The maximum absolute atomic E-state index is 11.8. The van der Waals surface area contributed by atoms with Crippen LogP contribution in [0.4, 0.5) is 0 Å². The van der Waals surface area contributed by atoms with E-state index in [-0.39, 0.29) is 11.2 Å². The number of carbonyl (C=O) groups excluding carboxylic acids is 1. The number of nitrogens with one attached hydrogen (secondary N) is 1. The normalized spacial score (nSPS) is 17.8. The Hall–Kier alpha value is -2.31. The van der Waals surface area contributed by atoms with Crippen molar-refractivity contribution in [1.82, 2.24) is 10.3 Å². The summed E-state index contributed by atoms with van der Waals surface area (Å²) >= 11 is 1.48. The second kappa shape index (κ2) is 8.38. The molecule has 26 heavy (non-hydrogen) atoms. The standard InChI is InChI=1S/C20H22N2O3S/c1-13(23)16-5-6-17(21-12-16)9-10-25-18-7-3-15(4-8-18)11-19-20(24)22-14(2)26-19/h3-8,12-13,19,23H,2,9-11H2,1H3,(H,22,24)/t13?,19-/m1/s1. The van der Waals surface area contributed by atoms with Gasteiger partial charge in [-0.25, -0.2) is 0 Å². The molecule has 1 aromatic carbocycles. The van der Waals surface area contributed by atoms with Crippen molar-refractivity contribution >= 4 is 17.7 Å². The van der Waals surface area contributed by atoms with Crippen LogP contribution in [0.15, 0.2) is 54.2 Å². The minimum absolute atomic E-state index is 0.0226. The molecular formula is C20H22N2O3S. The van der Waals surface area contributed by atoms with E-state index >= 15 is 0 Å². The number of thioether (sulfide) groups is 1. The first kappa shape index (κ1) is 18.5. The molecule has 5 nitrogen and oxygen atoms in total. The first-order valence-corrected chi connectivity index (χ1v) is 9.40. The molecule has 2 heterocycles. The van der Waals surface area contributed by atoms with Crippen molar-refractivity contribution < 1.29 is 14.6 Å².